The van der Waals surface area contributed by atoms with Crippen LogP contribution in [0.25, 0.3) is 0 Å². The molecule has 4 nitrogen and oxygen atoms in total. The number of ether oxygens (including phenoxy) is 1. The largest absolute Gasteiger partial charge is 0.437 e. The summed E-state index contributed by atoms with van der Waals surface area (Å²) in [5, 5.41) is 4.40. The number of nitrogens with two attached hydrogens (primary N) is 1. The van der Waals surface area contributed by atoms with Crippen molar-refractivity contribution >= 4 is 17.4 Å². The topological polar surface area (TPSA) is 53.1 Å². The highest BCUT2D eigenvalue weighted by Gasteiger charge is 2.17. The number of hydrogen-bond acceptors (Lipinski definition) is 4. The molecule has 0 aliphatic heterocycles. The van der Waals surface area contributed by atoms with Crippen LogP contribution in [-0.4, -0.2) is 16.0 Å². The smallest absolute Gasteiger partial charge is 0.241 e. The molecule has 0 unspecified atom stereocenters. The van der Waals surface area contributed by atoms with Crippen LogP contribution >= 0.6 is 11.8 Å². The van der Waals surface area contributed by atoms with Crippen LogP contribution in [0.1, 0.15) is 25.5 Å². The van der Waals surface area contributed by atoms with Crippen molar-refractivity contribution in [3.8, 4) is 11.6 Å². The van der Waals surface area contributed by atoms with Gasteiger partial charge in [-0.3, -0.25) is 0 Å². The molecular weight excluding hydrogens is 258 g/mol. The van der Waals surface area contributed by atoms with Crippen LogP contribution in [0, 0.1) is 0 Å². The minimum Gasteiger partial charge on any atom is -0.437 e. The Hall–Kier alpha value is -1.62. The fourth-order valence-corrected chi connectivity index (χ4v) is 2.26. The maximum Gasteiger partial charge on any atom is 0.241 e. The van der Waals surface area contributed by atoms with E-state index in [1.807, 2.05) is 37.6 Å². The van der Waals surface area contributed by atoms with Gasteiger partial charge in [0, 0.05) is 11.9 Å². The second-order valence-electron chi connectivity index (χ2n) is 4.66. The molecule has 0 amide bonds. The third-order valence-corrected chi connectivity index (χ3v) is 3.62. The van der Waals surface area contributed by atoms with Crippen LogP contribution in [0.15, 0.2) is 29.2 Å². The molecule has 0 aliphatic rings. The van der Waals surface area contributed by atoms with E-state index in [2.05, 4.69) is 18.9 Å². The van der Waals surface area contributed by atoms with Gasteiger partial charge in [0.05, 0.1) is 5.69 Å². The van der Waals surface area contributed by atoms with Crippen LogP contribution in [0.5, 0.6) is 11.6 Å². The minimum atomic E-state index is 0.280. The Bertz CT molecular complexity index is 561. The molecule has 1 aromatic carbocycles. The lowest BCUT2D eigenvalue weighted by atomic mass is 10.1. The summed E-state index contributed by atoms with van der Waals surface area (Å²) in [5.74, 6) is 1.64. The first kappa shape index (κ1) is 13.8. The molecule has 0 atom stereocenters. The molecule has 0 fully saturated rings. The summed E-state index contributed by atoms with van der Waals surface area (Å²) in [5.41, 5.74) is 7.59. The zero-order valence-electron chi connectivity index (χ0n) is 11.7. The van der Waals surface area contributed by atoms with Gasteiger partial charge in [0.15, 0.2) is 0 Å². The minimum absolute atomic E-state index is 0.280. The highest BCUT2D eigenvalue weighted by molar-refractivity contribution is 7.98. The first-order valence-corrected chi connectivity index (χ1v) is 7.39. The first-order chi connectivity index (χ1) is 9.02. The molecule has 1 aromatic heterocycles. The highest BCUT2D eigenvalue weighted by atomic mass is 32.2. The van der Waals surface area contributed by atoms with Crippen molar-refractivity contribution in [2.75, 3.05) is 12.0 Å². The molecule has 0 saturated heterocycles. The molecule has 0 spiro atoms. The van der Waals surface area contributed by atoms with Gasteiger partial charge in [-0.2, -0.15) is 5.10 Å². The number of benzene rings is 1. The zero-order chi connectivity index (χ0) is 14.0. The second-order valence-corrected chi connectivity index (χ2v) is 5.54. The van der Waals surface area contributed by atoms with Gasteiger partial charge in [0.1, 0.15) is 11.4 Å². The number of nitrogen functional groups attached to an aromatic ring is 1. The lowest BCUT2D eigenvalue weighted by molar-refractivity contribution is 0.432. The summed E-state index contributed by atoms with van der Waals surface area (Å²) >= 11 is 1.70. The SMILES string of the molecule is CSc1ccc(Oc2c(N)c(C(C)C)nn2C)cc1. The maximum atomic E-state index is 6.10. The lowest BCUT2D eigenvalue weighted by Gasteiger charge is -2.07. The molecule has 0 aliphatic carbocycles. The van der Waals surface area contributed by atoms with Gasteiger partial charge in [0.2, 0.25) is 5.88 Å². The molecule has 0 saturated carbocycles. The van der Waals surface area contributed by atoms with E-state index in [9.17, 15) is 0 Å². The number of thioether (sulfide) groups is 1. The number of aryl methyl sites for hydroxylation is 1. The van der Waals surface area contributed by atoms with Gasteiger partial charge in [-0.05, 0) is 36.4 Å². The van der Waals surface area contributed by atoms with Gasteiger partial charge in [-0.15, -0.1) is 11.8 Å². The Morgan fingerprint density at radius 2 is 1.89 bits per heavy atom. The summed E-state index contributed by atoms with van der Waals surface area (Å²) in [6, 6.07) is 7.92. The summed E-state index contributed by atoms with van der Waals surface area (Å²) in [7, 11) is 1.84. The summed E-state index contributed by atoms with van der Waals surface area (Å²) < 4.78 is 7.52. The standard InChI is InChI=1S/C14H19N3OS/c1-9(2)13-12(15)14(17(3)16-13)18-10-5-7-11(19-4)8-6-10/h5-9H,15H2,1-4H3. The Balaban J connectivity index is 2.27. The van der Waals surface area contributed by atoms with Crippen molar-refractivity contribution in [3.05, 3.63) is 30.0 Å². The van der Waals surface area contributed by atoms with Crippen molar-refractivity contribution in [2.45, 2.75) is 24.7 Å². The molecule has 2 rings (SSSR count). The average molecular weight is 277 g/mol. The molecule has 0 bridgehead atoms. The normalized spacial score (nSPS) is 11.0. The van der Waals surface area contributed by atoms with E-state index in [0.29, 0.717) is 11.6 Å². The van der Waals surface area contributed by atoms with Crippen molar-refractivity contribution in [1.29, 1.82) is 0 Å². The molecule has 102 valence electrons. The molecule has 0 radical (unpaired) electrons. The maximum absolute atomic E-state index is 6.10. The Kier molecular flexibility index (Phi) is 4.04. The zero-order valence-corrected chi connectivity index (χ0v) is 12.5. The number of nitrogens with zero attached hydrogens (tertiary/aromatic N) is 2. The lowest BCUT2D eigenvalue weighted by Crippen LogP contribution is -1.96. The average Bonchev–Trinajstić information content (AvgIpc) is 2.68. The van der Waals surface area contributed by atoms with Crippen LogP contribution in [0.2, 0.25) is 0 Å². The first-order valence-electron chi connectivity index (χ1n) is 6.17. The third-order valence-electron chi connectivity index (χ3n) is 2.88. The van der Waals surface area contributed by atoms with E-state index in [0.717, 1.165) is 11.4 Å². The summed E-state index contributed by atoms with van der Waals surface area (Å²) in [6.07, 6.45) is 2.05. The van der Waals surface area contributed by atoms with E-state index in [-0.39, 0.29) is 5.92 Å². The third kappa shape index (κ3) is 2.87. The number of rotatable bonds is 4. The molecule has 1 heterocycles. The van der Waals surface area contributed by atoms with Gasteiger partial charge in [0.25, 0.3) is 0 Å². The van der Waals surface area contributed by atoms with Crippen molar-refractivity contribution in [1.82, 2.24) is 9.78 Å². The predicted molar refractivity (Wildman–Crippen MR) is 80.0 cm³/mol. The second kappa shape index (κ2) is 5.57. The quantitative estimate of drug-likeness (QED) is 0.867. The van der Waals surface area contributed by atoms with Gasteiger partial charge in [-0.25, -0.2) is 4.68 Å². The van der Waals surface area contributed by atoms with Crippen molar-refractivity contribution in [2.24, 2.45) is 7.05 Å². The van der Waals surface area contributed by atoms with Gasteiger partial charge in [-0.1, -0.05) is 13.8 Å². The summed E-state index contributed by atoms with van der Waals surface area (Å²) in [4.78, 5) is 1.20. The van der Waals surface area contributed by atoms with Crippen LogP contribution in [0.3, 0.4) is 0 Å². The van der Waals surface area contributed by atoms with E-state index in [4.69, 9.17) is 10.5 Å². The Morgan fingerprint density at radius 1 is 1.26 bits per heavy atom. The molecule has 19 heavy (non-hydrogen) atoms. The van der Waals surface area contributed by atoms with E-state index < -0.39 is 0 Å². The number of aromatic nitrogens is 2. The van der Waals surface area contributed by atoms with E-state index >= 15 is 0 Å². The van der Waals surface area contributed by atoms with Gasteiger partial charge < -0.3 is 10.5 Å². The number of anilines is 1. The molecule has 2 aromatic rings. The number of hydrogen-bond donors (Lipinski definition) is 1. The van der Waals surface area contributed by atoms with E-state index in [1.165, 1.54) is 4.90 Å². The predicted octanol–water partition coefficient (Wildman–Crippen LogP) is 3.64. The fourth-order valence-electron chi connectivity index (χ4n) is 1.85. The van der Waals surface area contributed by atoms with Crippen LogP contribution in [0.4, 0.5) is 5.69 Å². The monoisotopic (exact) mass is 277 g/mol. The Labute approximate surface area is 117 Å². The molecular formula is C14H19N3OS. The molecule has 5 heteroatoms. The van der Waals surface area contributed by atoms with Crippen molar-refractivity contribution in [3.63, 3.8) is 0 Å². The summed E-state index contributed by atoms with van der Waals surface area (Å²) in [6.45, 7) is 4.13. The van der Waals surface area contributed by atoms with Crippen LogP contribution in [-0.2, 0) is 7.05 Å². The molecule has 2 N–H and O–H groups in total. The van der Waals surface area contributed by atoms with Gasteiger partial charge >= 0.3 is 0 Å². The van der Waals surface area contributed by atoms with Crippen LogP contribution < -0.4 is 10.5 Å². The Morgan fingerprint density at radius 3 is 2.37 bits per heavy atom. The van der Waals surface area contributed by atoms with Crippen molar-refractivity contribution < 1.29 is 4.74 Å². The van der Waals surface area contributed by atoms with E-state index in [1.54, 1.807) is 16.4 Å². The highest BCUT2D eigenvalue weighted by Crippen LogP contribution is 2.33. The fraction of sp³-hybridized carbons (Fsp3) is 0.357.